The van der Waals surface area contributed by atoms with Crippen LogP contribution in [0.25, 0.3) is 10.9 Å². The van der Waals surface area contributed by atoms with Crippen LogP contribution < -0.4 is 16.2 Å². The molecule has 2 amide bonds. The van der Waals surface area contributed by atoms with Gasteiger partial charge in [0.05, 0.1) is 23.4 Å². The summed E-state index contributed by atoms with van der Waals surface area (Å²) in [5, 5.41) is 6.18. The molecule has 1 aromatic heterocycles. The molecule has 1 fully saturated rings. The molecule has 2 heterocycles. The van der Waals surface area contributed by atoms with Gasteiger partial charge in [-0.2, -0.15) is 0 Å². The summed E-state index contributed by atoms with van der Waals surface area (Å²) in [7, 11) is 0. The Kier molecular flexibility index (Phi) is 5.85. The molecule has 0 unspecified atom stereocenters. The highest BCUT2D eigenvalue weighted by Crippen LogP contribution is 2.12. The van der Waals surface area contributed by atoms with Crippen molar-refractivity contribution in [3.63, 3.8) is 0 Å². The SMILES string of the molecule is CC(C)N1CCNC(=O)[C@@H]1CC(=O)NCCc1nc2ccccc2c(=O)[nH]1. The van der Waals surface area contributed by atoms with Crippen molar-refractivity contribution < 1.29 is 9.59 Å². The van der Waals surface area contributed by atoms with Crippen LogP contribution in [0.5, 0.6) is 0 Å². The Morgan fingerprint density at radius 1 is 1.33 bits per heavy atom. The van der Waals surface area contributed by atoms with Crippen molar-refractivity contribution in [2.24, 2.45) is 0 Å². The minimum atomic E-state index is -0.447. The van der Waals surface area contributed by atoms with Crippen molar-refractivity contribution in [1.29, 1.82) is 0 Å². The zero-order chi connectivity index (χ0) is 19.4. The van der Waals surface area contributed by atoms with Crippen molar-refractivity contribution in [3.8, 4) is 0 Å². The Bertz CT molecular complexity index is 892. The number of piperazine rings is 1. The van der Waals surface area contributed by atoms with E-state index in [1.165, 1.54) is 0 Å². The molecule has 1 aromatic carbocycles. The number of nitrogens with one attached hydrogen (secondary N) is 3. The summed E-state index contributed by atoms with van der Waals surface area (Å²) >= 11 is 0. The molecule has 0 spiro atoms. The first-order chi connectivity index (χ1) is 13.0. The number of H-pyrrole nitrogens is 1. The van der Waals surface area contributed by atoms with Gasteiger partial charge in [0.15, 0.2) is 0 Å². The Morgan fingerprint density at radius 3 is 2.89 bits per heavy atom. The molecule has 1 atom stereocenters. The second-order valence-corrected chi connectivity index (χ2v) is 6.97. The molecule has 0 saturated carbocycles. The molecule has 144 valence electrons. The number of hydrogen-bond acceptors (Lipinski definition) is 5. The molecule has 0 radical (unpaired) electrons. The Morgan fingerprint density at radius 2 is 2.11 bits per heavy atom. The summed E-state index contributed by atoms with van der Waals surface area (Å²) in [6.45, 7) is 5.73. The first-order valence-corrected chi connectivity index (χ1v) is 9.24. The van der Waals surface area contributed by atoms with E-state index in [0.29, 0.717) is 36.2 Å². The molecule has 3 N–H and O–H groups in total. The van der Waals surface area contributed by atoms with Gasteiger partial charge in [-0.3, -0.25) is 19.3 Å². The molecule has 8 heteroatoms. The number of hydrogen-bond donors (Lipinski definition) is 3. The fraction of sp³-hybridized carbons (Fsp3) is 0.474. The maximum Gasteiger partial charge on any atom is 0.258 e. The number of nitrogens with zero attached hydrogens (tertiary/aromatic N) is 2. The molecule has 1 saturated heterocycles. The Labute approximate surface area is 157 Å². The van der Waals surface area contributed by atoms with Crippen LogP contribution in [0, 0.1) is 0 Å². The van der Waals surface area contributed by atoms with E-state index in [1.54, 1.807) is 18.2 Å². The molecular weight excluding hydrogens is 346 g/mol. The standard InChI is InChI=1S/C19H25N5O3/c1-12(2)24-10-9-21-19(27)15(24)11-17(25)20-8-7-16-22-14-6-4-3-5-13(14)18(26)23-16/h3-6,12,15H,7-11H2,1-2H3,(H,20,25)(H,21,27)(H,22,23,26)/t15-/m0/s1. The van der Waals surface area contributed by atoms with E-state index in [4.69, 9.17) is 0 Å². The number of fused-ring (bicyclic) bond motifs is 1. The van der Waals surface area contributed by atoms with Gasteiger partial charge in [0.25, 0.3) is 5.56 Å². The predicted molar refractivity (Wildman–Crippen MR) is 102 cm³/mol. The second-order valence-electron chi connectivity index (χ2n) is 6.97. The van der Waals surface area contributed by atoms with Gasteiger partial charge in [0, 0.05) is 32.1 Å². The van der Waals surface area contributed by atoms with Gasteiger partial charge in [-0.25, -0.2) is 4.98 Å². The Hall–Kier alpha value is -2.74. The number of para-hydroxylation sites is 1. The van der Waals surface area contributed by atoms with Gasteiger partial charge in [-0.1, -0.05) is 12.1 Å². The summed E-state index contributed by atoms with van der Waals surface area (Å²) in [5.41, 5.74) is 0.447. The molecule has 2 aromatic rings. The third-order valence-corrected chi connectivity index (χ3v) is 4.76. The van der Waals surface area contributed by atoms with Crippen LogP contribution in [-0.4, -0.2) is 58.4 Å². The summed E-state index contributed by atoms with van der Waals surface area (Å²) in [4.78, 5) is 45.7. The van der Waals surface area contributed by atoms with Crippen molar-refractivity contribution in [2.75, 3.05) is 19.6 Å². The number of rotatable bonds is 6. The Balaban J connectivity index is 1.56. The molecule has 27 heavy (non-hydrogen) atoms. The minimum absolute atomic E-state index is 0.106. The molecule has 8 nitrogen and oxygen atoms in total. The lowest BCUT2D eigenvalue weighted by atomic mass is 10.1. The molecule has 3 rings (SSSR count). The van der Waals surface area contributed by atoms with E-state index in [9.17, 15) is 14.4 Å². The smallest absolute Gasteiger partial charge is 0.258 e. The molecule has 0 bridgehead atoms. The molecule has 1 aliphatic heterocycles. The van der Waals surface area contributed by atoms with E-state index in [1.807, 2.05) is 24.8 Å². The van der Waals surface area contributed by atoms with Gasteiger partial charge in [0.1, 0.15) is 5.82 Å². The first-order valence-electron chi connectivity index (χ1n) is 9.24. The summed E-state index contributed by atoms with van der Waals surface area (Å²) in [5.74, 6) is 0.231. The predicted octanol–water partition coefficient (Wildman–Crippen LogP) is 0.181. The fourth-order valence-corrected chi connectivity index (χ4v) is 3.38. The van der Waals surface area contributed by atoms with E-state index in [0.717, 1.165) is 6.54 Å². The van der Waals surface area contributed by atoms with Crippen LogP contribution in [0.1, 0.15) is 26.1 Å². The van der Waals surface area contributed by atoms with Crippen LogP contribution in [0.3, 0.4) is 0 Å². The van der Waals surface area contributed by atoms with Crippen LogP contribution in [0.4, 0.5) is 0 Å². The van der Waals surface area contributed by atoms with E-state index in [2.05, 4.69) is 20.6 Å². The molecular formula is C19H25N5O3. The summed E-state index contributed by atoms with van der Waals surface area (Å²) in [6.07, 6.45) is 0.530. The van der Waals surface area contributed by atoms with Gasteiger partial charge in [-0.05, 0) is 26.0 Å². The highest BCUT2D eigenvalue weighted by Gasteiger charge is 2.32. The first kappa shape index (κ1) is 19.0. The van der Waals surface area contributed by atoms with Crippen LogP contribution in [0.15, 0.2) is 29.1 Å². The highest BCUT2D eigenvalue weighted by molar-refractivity contribution is 5.88. The largest absolute Gasteiger partial charge is 0.356 e. The lowest BCUT2D eigenvalue weighted by Crippen LogP contribution is -2.58. The number of benzene rings is 1. The third kappa shape index (κ3) is 4.51. The van der Waals surface area contributed by atoms with Crippen LogP contribution >= 0.6 is 0 Å². The average molecular weight is 371 g/mol. The van der Waals surface area contributed by atoms with Gasteiger partial charge in [-0.15, -0.1) is 0 Å². The number of aromatic amines is 1. The number of carbonyl (C=O) groups is 2. The lowest BCUT2D eigenvalue weighted by Gasteiger charge is -2.37. The van der Waals surface area contributed by atoms with E-state index in [-0.39, 0.29) is 29.8 Å². The fourth-order valence-electron chi connectivity index (χ4n) is 3.38. The normalized spacial score (nSPS) is 17.9. The highest BCUT2D eigenvalue weighted by atomic mass is 16.2. The van der Waals surface area contributed by atoms with Gasteiger partial charge in [0.2, 0.25) is 11.8 Å². The van der Waals surface area contributed by atoms with E-state index < -0.39 is 6.04 Å². The zero-order valence-electron chi connectivity index (χ0n) is 15.6. The van der Waals surface area contributed by atoms with Crippen molar-refractivity contribution in [2.45, 2.75) is 38.8 Å². The van der Waals surface area contributed by atoms with Crippen molar-refractivity contribution in [1.82, 2.24) is 25.5 Å². The van der Waals surface area contributed by atoms with E-state index >= 15 is 0 Å². The summed E-state index contributed by atoms with van der Waals surface area (Å²) < 4.78 is 0. The lowest BCUT2D eigenvalue weighted by molar-refractivity contribution is -0.134. The summed E-state index contributed by atoms with van der Waals surface area (Å²) in [6, 6.07) is 6.88. The molecule has 1 aliphatic rings. The van der Waals surface area contributed by atoms with Crippen molar-refractivity contribution in [3.05, 3.63) is 40.4 Å². The van der Waals surface area contributed by atoms with Crippen molar-refractivity contribution >= 4 is 22.7 Å². The maximum atomic E-state index is 12.3. The number of aromatic nitrogens is 2. The number of carbonyl (C=O) groups excluding carboxylic acids is 2. The maximum absolute atomic E-state index is 12.3. The zero-order valence-corrected chi connectivity index (χ0v) is 15.6. The second kappa shape index (κ2) is 8.30. The average Bonchev–Trinajstić information content (AvgIpc) is 2.63. The van der Waals surface area contributed by atoms with Crippen LogP contribution in [0.2, 0.25) is 0 Å². The number of amides is 2. The minimum Gasteiger partial charge on any atom is -0.356 e. The molecule has 0 aliphatic carbocycles. The topological polar surface area (TPSA) is 107 Å². The monoisotopic (exact) mass is 371 g/mol. The van der Waals surface area contributed by atoms with Gasteiger partial charge >= 0.3 is 0 Å². The third-order valence-electron chi connectivity index (χ3n) is 4.76. The quantitative estimate of drug-likeness (QED) is 0.672. The van der Waals surface area contributed by atoms with Crippen LogP contribution in [-0.2, 0) is 16.0 Å². The van der Waals surface area contributed by atoms with Gasteiger partial charge < -0.3 is 15.6 Å².